The molecule has 39 heavy (non-hydrogen) atoms. The first kappa shape index (κ1) is 32.7. The number of benzene rings is 2. The van der Waals surface area contributed by atoms with Crippen molar-refractivity contribution >= 4 is 20.2 Å². The number of rotatable bonds is 19. The molecule has 10 nitrogen and oxygen atoms in total. The van der Waals surface area contributed by atoms with Crippen molar-refractivity contribution in [1.82, 2.24) is 0 Å². The lowest BCUT2D eigenvalue weighted by Crippen LogP contribution is -2.26. The highest BCUT2D eigenvalue weighted by Gasteiger charge is 2.21. The molecule has 0 aliphatic carbocycles. The minimum Gasteiger partial charge on any atom is -0.491 e. The Balaban J connectivity index is 1.68. The predicted molar refractivity (Wildman–Crippen MR) is 149 cm³/mol. The van der Waals surface area contributed by atoms with Crippen LogP contribution in [0.3, 0.4) is 0 Å². The lowest BCUT2D eigenvalue weighted by molar-refractivity contribution is 0.146. The van der Waals surface area contributed by atoms with E-state index in [4.69, 9.17) is 27.3 Å². The zero-order valence-electron chi connectivity index (χ0n) is 23.2. The van der Waals surface area contributed by atoms with Gasteiger partial charge in [0.25, 0.3) is 20.2 Å². The molecule has 0 fully saturated rings. The Morgan fingerprint density at radius 2 is 0.949 bits per heavy atom. The number of hydrogen-bond acceptors (Lipinski definition) is 10. The largest absolute Gasteiger partial charge is 0.491 e. The summed E-state index contributed by atoms with van der Waals surface area (Å²) in [5.41, 5.74) is 0. The zero-order valence-corrected chi connectivity index (χ0v) is 24.8. The van der Waals surface area contributed by atoms with E-state index in [-0.39, 0.29) is 32.0 Å². The van der Waals surface area contributed by atoms with E-state index in [0.29, 0.717) is 23.0 Å². The van der Waals surface area contributed by atoms with E-state index in [9.17, 15) is 16.8 Å². The van der Waals surface area contributed by atoms with E-state index in [1.807, 2.05) is 27.7 Å². The van der Waals surface area contributed by atoms with Crippen LogP contribution in [-0.4, -0.2) is 66.5 Å². The SMILES string of the molecule is CCC(C)Oc1ccc(OCCOS(=O)(=O)CCS(=O)(=O)OCC(C)Oc2ccc(OC(C)CC)cc2)cc1. The minimum absolute atomic E-state index is 0.0341. The Morgan fingerprint density at radius 3 is 1.38 bits per heavy atom. The molecule has 0 amide bonds. The van der Waals surface area contributed by atoms with Gasteiger partial charge in [-0.15, -0.1) is 0 Å². The average molecular weight is 589 g/mol. The molecule has 0 aliphatic rings. The van der Waals surface area contributed by atoms with Gasteiger partial charge >= 0.3 is 0 Å². The molecule has 12 heteroatoms. The molecule has 2 aromatic carbocycles. The van der Waals surface area contributed by atoms with Crippen molar-refractivity contribution < 1.29 is 44.1 Å². The molecule has 0 bridgehead atoms. The van der Waals surface area contributed by atoms with Crippen molar-refractivity contribution in [3.63, 3.8) is 0 Å². The van der Waals surface area contributed by atoms with Crippen LogP contribution in [0.5, 0.6) is 23.0 Å². The third kappa shape index (κ3) is 13.4. The molecule has 0 radical (unpaired) electrons. The number of ether oxygens (including phenoxy) is 4. The highest BCUT2D eigenvalue weighted by atomic mass is 32.2. The second-order valence-corrected chi connectivity index (χ2v) is 12.5. The molecule has 2 aromatic rings. The van der Waals surface area contributed by atoms with Gasteiger partial charge in [-0.2, -0.15) is 16.8 Å². The molecular weight excluding hydrogens is 548 g/mol. The van der Waals surface area contributed by atoms with Crippen LogP contribution >= 0.6 is 0 Å². The summed E-state index contributed by atoms with van der Waals surface area (Å²) in [6, 6.07) is 13.9. The third-order valence-corrected chi connectivity index (χ3v) is 8.18. The van der Waals surface area contributed by atoms with Gasteiger partial charge in [0.2, 0.25) is 0 Å². The Kier molecular flexibility index (Phi) is 13.3. The first-order chi connectivity index (χ1) is 18.4. The molecule has 3 atom stereocenters. The first-order valence-corrected chi connectivity index (χ1v) is 16.1. The van der Waals surface area contributed by atoms with E-state index in [2.05, 4.69) is 0 Å². The van der Waals surface area contributed by atoms with Crippen LogP contribution in [0.4, 0.5) is 0 Å². The average Bonchev–Trinajstić information content (AvgIpc) is 2.91. The highest BCUT2D eigenvalue weighted by molar-refractivity contribution is 7.90. The van der Waals surface area contributed by atoms with Crippen molar-refractivity contribution in [2.24, 2.45) is 0 Å². The second-order valence-electron chi connectivity index (χ2n) is 9.02. The Bertz CT molecular complexity index is 1180. The molecule has 2 rings (SSSR count). The normalized spacial score (nSPS) is 14.3. The topological polar surface area (TPSA) is 124 Å². The van der Waals surface area contributed by atoms with Gasteiger partial charge in [0, 0.05) is 0 Å². The van der Waals surface area contributed by atoms with Crippen molar-refractivity contribution in [3.8, 4) is 23.0 Å². The summed E-state index contributed by atoms with van der Waals surface area (Å²) in [6.45, 7) is 9.08. The van der Waals surface area contributed by atoms with E-state index in [1.54, 1.807) is 55.5 Å². The summed E-state index contributed by atoms with van der Waals surface area (Å²) in [5, 5.41) is 0. The van der Waals surface area contributed by atoms with Crippen LogP contribution in [0, 0.1) is 0 Å². The van der Waals surface area contributed by atoms with Gasteiger partial charge < -0.3 is 18.9 Å². The fourth-order valence-electron chi connectivity index (χ4n) is 2.95. The Hall–Kier alpha value is -2.54. The van der Waals surface area contributed by atoms with Crippen LogP contribution < -0.4 is 18.9 Å². The van der Waals surface area contributed by atoms with Gasteiger partial charge in [-0.3, -0.25) is 8.37 Å². The quantitative estimate of drug-likeness (QED) is 0.170. The van der Waals surface area contributed by atoms with Crippen LogP contribution in [-0.2, 0) is 28.6 Å². The van der Waals surface area contributed by atoms with E-state index in [1.165, 1.54) is 0 Å². The standard InChI is InChI=1S/C27H40O10S2/c1-6-21(3)35-25-10-8-24(9-11-25)32-16-17-33-38(28,29)18-19-39(30,31)34-20-23(5)37-27-14-12-26(13-15-27)36-22(4)7-2/h8-15,21-23H,6-7,16-20H2,1-5H3. The molecule has 0 saturated carbocycles. The van der Waals surface area contributed by atoms with E-state index >= 15 is 0 Å². The lowest BCUT2D eigenvalue weighted by atomic mass is 10.3. The first-order valence-electron chi connectivity index (χ1n) is 13.0. The molecule has 0 aliphatic heterocycles. The van der Waals surface area contributed by atoms with Crippen LogP contribution in [0.2, 0.25) is 0 Å². The molecule has 0 spiro atoms. The van der Waals surface area contributed by atoms with E-state index in [0.717, 1.165) is 12.8 Å². The predicted octanol–water partition coefficient (Wildman–Crippen LogP) is 4.58. The van der Waals surface area contributed by atoms with Crippen LogP contribution in [0.1, 0.15) is 47.5 Å². The van der Waals surface area contributed by atoms with Crippen molar-refractivity contribution in [1.29, 1.82) is 0 Å². The molecule has 0 heterocycles. The van der Waals surface area contributed by atoms with Gasteiger partial charge in [-0.1, -0.05) is 13.8 Å². The summed E-state index contributed by atoms with van der Waals surface area (Å²) in [4.78, 5) is 0. The lowest BCUT2D eigenvalue weighted by Gasteiger charge is -2.16. The Morgan fingerprint density at radius 1 is 0.564 bits per heavy atom. The molecule has 0 aromatic heterocycles. The monoisotopic (exact) mass is 588 g/mol. The van der Waals surface area contributed by atoms with Gasteiger partial charge in [0.15, 0.2) is 0 Å². The van der Waals surface area contributed by atoms with Gasteiger partial charge in [-0.25, -0.2) is 0 Å². The molecule has 0 saturated heterocycles. The molecule has 0 N–H and O–H groups in total. The maximum Gasteiger partial charge on any atom is 0.268 e. The summed E-state index contributed by atoms with van der Waals surface area (Å²) >= 11 is 0. The maximum absolute atomic E-state index is 12.2. The smallest absolute Gasteiger partial charge is 0.268 e. The summed E-state index contributed by atoms with van der Waals surface area (Å²) in [6.07, 6.45) is 1.36. The third-order valence-electron chi connectivity index (χ3n) is 5.49. The number of hydrogen-bond donors (Lipinski definition) is 0. The summed E-state index contributed by atoms with van der Waals surface area (Å²) in [7, 11) is -8.21. The van der Waals surface area contributed by atoms with Gasteiger partial charge in [0.1, 0.15) is 48.9 Å². The molecule has 3 unspecified atom stereocenters. The fraction of sp³-hybridized carbons (Fsp3) is 0.556. The highest BCUT2D eigenvalue weighted by Crippen LogP contribution is 2.21. The summed E-state index contributed by atoms with van der Waals surface area (Å²) in [5.74, 6) is 0.968. The summed E-state index contributed by atoms with van der Waals surface area (Å²) < 4.78 is 80.9. The van der Waals surface area contributed by atoms with E-state index < -0.39 is 37.8 Å². The van der Waals surface area contributed by atoms with Crippen molar-refractivity contribution in [2.45, 2.75) is 65.8 Å². The minimum atomic E-state index is -4.12. The zero-order chi connectivity index (χ0) is 28.9. The van der Waals surface area contributed by atoms with Crippen LogP contribution in [0.15, 0.2) is 48.5 Å². The maximum atomic E-state index is 12.2. The fourth-order valence-corrected chi connectivity index (χ4v) is 5.54. The molecular formula is C27H40O10S2. The van der Waals surface area contributed by atoms with Gasteiger partial charge in [-0.05, 0) is 82.1 Å². The van der Waals surface area contributed by atoms with Gasteiger partial charge in [0.05, 0.1) is 23.7 Å². The molecule has 220 valence electrons. The second kappa shape index (κ2) is 15.9. The van der Waals surface area contributed by atoms with Crippen molar-refractivity contribution in [3.05, 3.63) is 48.5 Å². The van der Waals surface area contributed by atoms with Crippen molar-refractivity contribution in [2.75, 3.05) is 31.3 Å². The Labute approximate surface area is 232 Å². The van der Waals surface area contributed by atoms with Crippen LogP contribution in [0.25, 0.3) is 0 Å².